The van der Waals surface area contributed by atoms with E-state index in [2.05, 4.69) is 10.4 Å². The molecule has 132 valence electrons. The monoisotopic (exact) mass is 341 g/mol. The smallest absolute Gasteiger partial charge is 0.318 e. The second-order valence-corrected chi connectivity index (χ2v) is 6.51. The van der Waals surface area contributed by atoms with Crippen molar-refractivity contribution in [2.24, 2.45) is 7.05 Å². The molecule has 2 aromatic rings. The van der Waals surface area contributed by atoms with Crippen molar-refractivity contribution in [3.8, 4) is 0 Å². The first-order valence-electron chi connectivity index (χ1n) is 8.33. The summed E-state index contributed by atoms with van der Waals surface area (Å²) in [6.07, 6.45) is 4.19. The van der Waals surface area contributed by atoms with Crippen LogP contribution in [0.3, 0.4) is 0 Å². The molecule has 3 amide bonds. The summed E-state index contributed by atoms with van der Waals surface area (Å²) in [4.78, 5) is 28.4. The Morgan fingerprint density at radius 1 is 1.36 bits per heavy atom. The van der Waals surface area contributed by atoms with Gasteiger partial charge in [0.1, 0.15) is 6.04 Å². The summed E-state index contributed by atoms with van der Waals surface area (Å²) < 4.78 is 1.70. The lowest BCUT2D eigenvalue weighted by Crippen LogP contribution is -2.46. The van der Waals surface area contributed by atoms with Crippen LogP contribution >= 0.6 is 0 Å². The number of nitrogens with zero attached hydrogens (tertiary/aromatic N) is 4. The van der Waals surface area contributed by atoms with Crippen LogP contribution in [0.4, 0.5) is 10.5 Å². The number of carbonyl (C=O) groups is 2. The van der Waals surface area contributed by atoms with Crippen molar-refractivity contribution in [2.75, 3.05) is 11.9 Å². The second-order valence-electron chi connectivity index (χ2n) is 6.51. The van der Waals surface area contributed by atoms with Gasteiger partial charge in [0, 0.05) is 37.6 Å². The molecule has 2 heterocycles. The quantitative estimate of drug-likeness (QED) is 0.921. The van der Waals surface area contributed by atoms with Crippen LogP contribution in [0.1, 0.15) is 18.9 Å². The molecule has 0 bridgehead atoms. The SMILES string of the molecule is C[C@@H]1C[C@@H](NC(=O)N(C)Cc2cnn(C)c2)C(=O)N1c1ccccc1. The van der Waals surface area contributed by atoms with Crippen molar-refractivity contribution < 1.29 is 9.59 Å². The van der Waals surface area contributed by atoms with E-state index in [0.717, 1.165) is 11.3 Å². The molecule has 0 aliphatic carbocycles. The fourth-order valence-electron chi connectivity index (χ4n) is 3.18. The summed E-state index contributed by atoms with van der Waals surface area (Å²) in [6, 6.07) is 8.83. The average Bonchev–Trinajstić information content (AvgIpc) is 3.11. The van der Waals surface area contributed by atoms with Crippen molar-refractivity contribution in [1.82, 2.24) is 20.0 Å². The Balaban J connectivity index is 1.62. The predicted octanol–water partition coefficient (Wildman–Crippen LogP) is 1.76. The Kier molecular flexibility index (Phi) is 4.74. The Labute approximate surface area is 147 Å². The van der Waals surface area contributed by atoms with E-state index >= 15 is 0 Å². The average molecular weight is 341 g/mol. The van der Waals surface area contributed by atoms with Crippen molar-refractivity contribution in [2.45, 2.75) is 32.0 Å². The van der Waals surface area contributed by atoms with Crippen LogP contribution in [0.5, 0.6) is 0 Å². The normalized spacial score (nSPS) is 20.0. The minimum Gasteiger partial charge on any atom is -0.326 e. The van der Waals surface area contributed by atoms with Crippen LogP contribution in [0, 0.1) is 0 Å². The van der Waals surface area contributed by atoms with Crippen LogP contribution in [0.15, 0.2) is 42.7 Å². The number of hydrogen-bond donors (Lipinski definition) is 1. The fraction of sp³-hybridized carbons (Fsp3) is 0.389. The standard InChI is InChI=1S/C18H23N5O2/c1-13-9-16(17(24)23(13)15-7-5-4-6-8-15)20-18(25)21(2)11-14-10-19-22(3)12-14/h4-8,10,12-13,16H,9,11H2,1-3H3,(H,20,25)/t13-,16-/m1/s1. The van der Waals surface area contributed by atoms with Crippen molar-refractivity contribution in [3.63, 3.8) is 0 Å². The minimum atomic E-state index is -0.501. The molecule has 1 N–H and O–H groups in total. The van der Waals surface area contributed by atoms with E-state index in [1.165, 1.54) is 0 Å². The van der Waals surface area contributed by atoms with Gasteiger partial charge >= 0.3 is 6.03 Å². The van der Waals surface area contributed by atoms with Gasteiger partial charge in [-0.05, 0) is 25.5 Å². The lowest BCUT2D eigenvalue weighted by Gasteiger charge is -2.22. The molecule has 0 radical (unpaired) electrons. The van der Waals surface area contributed by atoms with Crippen LogP contribution in [0.2, 0.25) is 0 Å². The zero-order valence-electron chi connectivity index (χ0n) is 14.7. The van der Waals surface area contributed by atoms with E-state index in [1.54, 1.807) is 27.7 Å². The number of urea groups is 1. The molecule has 1 fully saturated rings. The summed E-state index contributed by atoms with van der Waals surface area (Å²) >= 11 is 0. The summed E-state index contributed by atoms with van der Waals surface area (Å²) in [5.41, 5.74) is 1.80. The van der Waals surface area contributed by atoms with Gasteiger partial charge in [0.25, 0.3) is 0 Å². The molecule has 1 aromatic heterocycles. The van der Waals surface area contributed by atoms with Crippen LogP contribution in [0.25, 0.3) is 0 Å². The molecular weight excluding hydrogens is 318 g/mol. The minimum absolute atomic E-state index is 0.0452. The largest absolute Gasteiger partial charge is 0.326 e. The summed E-state index contributed by atoms with van der Waals surface area (Å²) in [7, 11) is 3.54. The highest BCUT2D eigenvalue weighted by Gasteiger charge is 2.39. The molecule has 1 aliphatic heterocycles. The lowest BCUT2D eigenvalue weighted by atomic mass is 10.2. The highest BCUT2D eigenvalue weighted by atomic mass is 16.2. The third kappa shape index (κ3) is 3.65. The van der Waals surface area contributed by atoms with Crippen molar-refractivity contribution in [3.05, 3.63) is 48.3 Å². The third-order valence-corrected chi connectivity index (χ3v) is 4.41. The van der Waals surface area contributed by atoms with Gasteiger partial charge in [-0.2, -0.15) is 5.10 Å². The molecule has 3 rings (SSSR count). The van der Waals surface area contributed by atoms with Gasteiger partial charge in [0.2, 0.25) is 5.91 Å². The highest BCUT2D eigenvalue weighted by molar-refractivity contribution is 6.01. The maximum absolute atomic E-state index is 12.7. The zero-order valence-corrected chi connectivity index (χ0v) is 14.7. The molecule has 0 spiro atoms. The second kappa shape index (κ2) is 6.96. The van der Waals surface area contributed by atoms with Gasteiger partial charge in [0.15, 0.2) is 0 Å². The molecular formula is C18H23N5O2. The van der Waals surface area contributed by atoms with Gasteiger partial charge in [-0.15, -0.1) is 0 Å². The number of carbonyl (C=O) groups excluding carboxylic acids is 2. The number of nitrogens with one attached hydrogen (secondary N) is 1. The maximum atomic E-state index is 12.7. The van der Waals surface area contributed by atoms with Gasteiger partial charge < -0.3 is 15.1 Å². The van der Waals surface area contributed by atoms with E-state index in [-0.39, 0.29) is 18.0 Å². The highest BCUT2D eigenvalue weighted by Crippen LogP contribution is 2.26. The molecule has 2 atom stereocenters. The molecule has 1 aliphatic rings. The van der Waals surface area contributed by atoms with Crippen LogP contribution in [-0.4, -0.2) is 45.8 Å². The van der Waals surface area contributed by atoms with Crippen molar-refractivity contribution >= 4 is 17.6 Å². The number of para-hydroxylation sites is 1. The van der Waals surface area contributed by atoms with Gasteiger partial charge in [-0.1, -0.05) is 18.2 Å². The molecule has 7 heteroatoms. The summed E-state index contributed by atoms with van der Waals surface area (Å²) in [5.74, 6) is -0.0678. The van der Waals surface area contributed by atoms with Crippen LogP contribution in [-0.2, 0) is 18.4 Å². The first-order valence-corrected chi connectivity index (χ1v) is 8.33. The van der Waals surface area contributed by atoms with E-state index in [1.807, 2.05) is 50.5 Å². The number of amides is 3. The summed E-state index contributed by atoms with van der Waals surface area (Å²) in [6.45, 7) is 2.44. The van der Waals surface area contributed by atoms with Crippen LogP contribution < -0.4 is 10.2 Å². The number of benzene rings is 1. The third-order valence-electron chi connectivity index (χ3n) is 4.41. The van der Waals surface area contributed by atoms with Gasteiger partial charge in [0.05, 0.1) is 12.7 Å². The molecule has 1 saturated heterocycles. The number of hydrogen-bond acceptors (Lipinski definition) is 3. The molecule has 1 aromatic carbocycles. The Morgan fingerprint density at radius 3 is 2.72 bits per heavy atom. The molecule has 0 saturated carbocycles. The topological polar surface area (TPSA) is 70.5 Å². The van der Waals surface area contributed by atoms with E-state index in [4.69, 9.17) is 0 Å². The molecule has 7 nitrogen and oxygen atoms in total. The lowest BCUT2D eigenvalue weighted by molar-refractivity contribution is -0.118. The summed E-state index contributed by atoms with van der Waals surface area (Å²) in [5, 5.41) is 6.95. The fourth-order valence-corrected chi connectivity index (χ4v) is 3.18. The Morgan fingerprint density at radius 2 is 2.08 bits per heavy atom. The maximum Gasteiger partial charge on any atom is 0.318 e. The van der Waals surface area contributed by atoms with E-state index in [0.29, 0.717) is 13.0 Å². The molecule has 0 unspecified atom stereocenters. The number of aryl methyl sites for hydroxylation is 1. The van der Waals surface area contributed by atoms with Crippen molar-refractivity contribution in [1.29, 1.82) is 0 Å². The van der Waals surface area contributed by atoms with Gasteiger partial charge in [-0.25, -0.2) is 4.79 Å². The predicted molar refractivity (Wildman–Crippen MR) is 95.0 cm³/mol. The van der Waals surface area contributed by atoms with Gasteiger partial charge in [-0.3, -0.25) is 9.48 Å². The Hall–Kier alpha value is -2.83. The Bertz CT molecular complexity index is 758. The number of rotatable bonds is 4. The first-order chi connectivity index (χ1) is 12.0. The first kappa shape index (κ1) is 17.0. The number of anilines is 1. The zero-order chi connectivity index (χ0) is 18.0. The number of aromatic nitrogens is 2. The van der Waals surface area contributed by atoms with E-state index < -0.39 is 6.04 Å². The molecule has 25 heavy (non-hydrogen) atoms. The van der Waals surface area contributed by atoms with E-state index in [9.17, 15) is 9.59 Å².